The Morgan fingerprint density at radius 2 is 1.79 bits per heavy atom. The van der Waals surface area contributed by atoms with Gasteiger partial charge in [-0.25, -0.2) is 0 Å². The van der Waals surface area contributed by atoms with Crippen molar-refractivity contribution < 1.29 is 19.1 Å². The van der Waals surface area contributed by atoms with Gasteiger partial charge in [-0.3, -0.25) is 14.5 Å². The largest absolute Gasteiger partial charge is 0.455 e. The van der Waals surface area contributed by atoms with Gasteiger partial charge in [0.05, 0.1) is 8.95 Å². The van der Waals surface area contributed by atoms with Crippen molar-refractivity contribution in [2.45, 2.75) is 39.5 Å². The zero-order chi connectivity index (χ0) is 21.1. The van der Waals surface area contributed by atoms with E-state index in [0.717, 1.165) is 18.6 Å². The molecular formula is C22H23Br2NO4. The molecule has 0 bridgehead atoms. The Morgan fingerprint density at radius 1 is 1.14 bits per heavy atom. The third-order valence-electron chi connectivity index (χ3n) is 4.63. The fourth-order valence-electron chi connectivity index (χ4n) is 2.83. The Labute approximate surface area is 187 Å². The first kappa shape index (κ1) is 21.8. The number of hydrogen-bond donors (Lipinski definition) is 0. The minimum atomic E-state index is -0.429. The van der Waals surface area contributed by atoms with Crippen LogP contribution in [0.5, 0.6) is 11.5 Å². The maximum Gasteiger partial charge on any atom is 0.304 e. The van der Waals surface area contributed by atoms with Crippen LogP contribution in [0.3, 0.4) is 0 Å². The Kier molecular flexibility index (Phi) is 7.01. The molecule has 1 aliphatic carbocycles. The summed E-state index contributed by atoms with van der Waals surface area (Å²) in [5.41, 5.74) is 1.82. The van der Waals surface area contributed by atoms with Crippen LogP contribution in [0.4, 0.5) is 5.69 Å². The zero-order valence-electron chi connectivity index (χ0n) is 16.6. The van der Waals surface area contributed by atoms with Crippen molar-refractivity contribution in [3.63, 3.8) is 0 Å². The van der Waals surface area contributed by atoms with Crippen molar-refractivity contribution in [3.05, 3.63) is 50.9 Å². The minimum absolute atomic E-state index is 0.00203. The lowest BCUT2D eigenvalue weighted by Gasteiger charge is -2.23. The van der Waals surface area contributed by atoms with E-state index in [1.807, 2.05) is 18.2 Å². The van der Waals surface area contributed by atoms with Gasteiger partial charge in [0.15, 0.2) is 12.5 Å². The van der Waals surface area contributed by atoms with E-state index in [1.54, 1.807) is 12.1 Å². The molecule has 0 aromatic heterocycles. The van der Waals surface area contributed by atoms with Gasteiger partial charge >= 0.3 is 5.97 Å². The van der Waals surface area contributed by atoms with Gasteiger partial charge in [0.1, 0.15) is 5.75 Å². The Bertz CT molecular complexity index is 902. The molecule has 0 unspecified atom stereocenters. The molecule has 1 aliphatic rings. The van der Waals surface area contributed by atoms with Crippen molar-refractivity contribution in [1.29, 1.82) is 0 Å². The van der Waals surface area contributed by atoms with Gasteiger partial charge in [-0.1, -0.05) is 26.0 Å². The third kappa shape index (κ3) is 5.60. The van der Waals surface area contributed by atoms with E-state index in [2.05, 4.69) is 51.8 Å². The number of carbonyl (C=O) groups excluding carboxylic acids is 2. The molecule has 1 fully saturated rings. The van der Waals surface area contributed by atoms with Gasteiger partial charge < -0.3 is 9.47 Å². The second-order valence-corrected chi connectivity index (χ2v) is 9.08. The van der Waals surface area contributed by atoms with Crippen LogP contribution in [0.15, 0.2) is 45.3 Å². The molecule has 0 heterocycles. The maximum atomic E-state index is 12.7. The van der Waals surface area contributed by atoms with Gasteiger partial charge in [-0.2, -0.15) is 0 Å². The van der Waals surface area contributed by atoms with Crippen LogP contribution in [0.25, 0.3) is 0 Å². The maximum absolute atomic E-state index is 12.7. The monoisotopic (exact) mass is 523 g/mol. The molecule has 0 saturated heterocycles. The van der Waals surface area contributed by atoms with Gasteiger partial charge in [0.25, 0.3) is 0 Å². The standard InChI is InChI=1S/C22H23Br2NO4/c1-13(2)16-5-4-6-18(9-16)29-21-19(23)10-17(11-20(21)24)25(12-28-14(3)26)22(27)15-7-8-15/h4-6,9-11,13,15H,7-8,12H2,1-3H3. The highest BCUT2D eigenvalue weighted by Gasteiger charge is 2.35. The summed E-state index contributed by atoms with van der Waals surface area (Å²) >= 11 is 7.10. The summed E-state index contributed by atoms with van der Waals surface area (Å²) in [6.45, 7) is 5.48. The average Bonchev–Trinajstić information content (AvgIpc) is 3.50. The molecule has 2 aromatic rings. The minimum Gasteiger partial charge on any atom is -0.455 e. The first-order chi connectivity index (χ1) is 13.8. The van der Waals surface area contributed by atoms with Crippen molar-refractivity contribution >= 4 is 49.4 Å². The zero-order valence-corrected chi connectivity index (χ0v) is 19.7. The highest BCUT2D eigenvalue weighted by Crippen LogP contribution is 2.41. The van der Waals surface area contributed by atoms with Crippen LogP contribution in [-0.4, -0.2) is 18.6 Å². The number of ether oxygens (including phenoxy) is 2. The van der Waals surface area contributed by atoms with Crippen molar-refractivity contribution in [2.75, 3.05) is 11.6 Å². The number of hydrogen-bond acceptors (Lipinski definition) is 4. The normalized spacial score (nSPS) is 13.3. The molecule has 154 valence electrons. The van der Waals surface area contributed by atoms with Crippen molar-refractivity contribution in [3.8, 4) is 11.5 Å². The molecule has 1 saturated carbocycles. The first-order valence-electron chi connectivity index (χ1n) is 9.48. The number of halogens is 2. The van der Waals surface area contributed by atoms with Gasteiger partial charge in [-0.05, 0) is 80.4 Å². The van der Waals surface area contributed by atoms with E-state index in [-0.39, 0.29) is 18.6 Å². The van der Waals surface area contributed by atoms with Crippen LogP contribution in [-0.2, 0) is 14.3 Å². The predicted octanol–water partition coefficient (Wildman–Crippen LogP) is 6.39. The number of anilines is 1. The van der Waals surface area contributed by atoms with E-state index in [0.29, 0.717) is 26.3 Å². The molecule has 0 atom stereocenters. The predicted molar refractivity (Wildman–Crippen MR) is 119 cm³/mol. The fourth-order valence-corrected chi connectivity index (χ4v) is 4.15. The topological polar surface area (TPSA) is 55.8 Å². The molecular weight excluding hydrogens is 502 g/mol. The number of benzene rings is 2. The second kappa shape index (κ2) is 9.30. The molecule has 3 rings (SSSR count). The molecule has 29 heavy (non-hydrogen) atoms. The van der Waals surface area contributed by atoms with Crippen LogP contribution in [0.1, 0.15) is 45.1 Å². The molecule has 0 radical (unpaired) electrons. The lowest BCUT2D eigenvalue weighted by molar-refractivity contribution is -0.141. The van der Waals surface area contributed by atoms with E-state index in [4.69, 9.17) is 9.47 Å². The first-order valence-corrected chi connectivity index (χ1v) is 11.1. The molecule has 1 amide bonds. The summed E-state index contributed by atoms with van der Waals surface area (Å²) in [6, 6.07) is 11.6. The average molecular weight is 525 g/mol. The second-order valence-electron chi connectivity index (χ2n) is 7.37. The summed E-state index contributed by atoms with van der Waals surface area (Å²) in [5.74, 6) is 1.27. The fraction of sp³-hybridized carbons (Fsp3) is 0.364. The smallest absolute Gasteiger partial charge is 0.304 e. The van der Waals surface area contributed by atoms with Crippen molar-refractivity contribution in [1.82, 2.24) is 0 Å². The number of esters is 1. The van der Waals surface area contributed by atoms with E-state index >= 15 is 0 Å². The molecule has 5 nitrogen and oxygen atoms in total. The number of nitrogens with zero attached hydrogens (tertiary/aromatic N) is 1. The van der Waals surface area contributed by atoms with E-state index in [1.165, 1.54) is 17.4 Å². The van der Waals surface area contributed by atoms with Crippen LogP contribution < -0.4 is 9.64 Å². The Balaban J connectivity index is 1.87. The van der Waals surface area contributed by atoms with Crippen LogP contribution in [0.2, 0.25) is 0 Å². The van der Waals surface area contributed by atoms with Gasteiger partial charge in [0.2, 0.25) is 5.91 Å². The lowest BCUT2D eigenvalue weighted by atomic mass is 10.0. The number of rotatable bonds is 7. The highest BCUT2D eigenvalue weighted by atomic mass is 79.9. The summed E-state index contributed by atoms with van der Waals surface area (Å²) in [7, 11) is 0. The van der Waals surface area contributed by atoms with E-state index < -0.39 is 5.97 Å². The SMILES string of the molecule is CC(=O)OCN(C(=O)C1CC1)c1cc(Br)c(Oc2cccc(C(C)C)c2)c(Br)c1. The number of amides is 1. The van der Waals surface area contributed by atoms with Crippen LogP contribution >= 0.6 is 31.9 Å². The van der Waals surface area contributed by atoms with Gasteiger partial charge in [-0.15, -0.1) is 0 Å². The van der Waals surface area contributed by atoms with Gasteiger partial charge in [0, 0.05) is 18.5 Å². The molecule has 0 spiro atoms. The summed E-state index contributed by atoms with van der Waals surface area (Å²) in [6.07, 6.45) is 1.73. The molecule has 0 N–H and O–H groups in total. The molecule has 7 heteroatoms. The Morgan fingerprint density at radius 3 is 2.34 bits per heavy atom. The molecule has 0 aliphatic heterocycles. The third-order valence-corrected chi connectivity index (χ3v) is 5.81. The number of carbonyl (C=O) groups is 2. The van der Waals surface area contributed by atoms with Crippen LogP contribution in [0, 0.1) is 5.92 Å². The Hall–Kier alpha value is -1.86. The van der Waals surface area contributed by atoms with Crippen molar-refractivity contribution in [2.24, 2.45) is 5.92 Å². The van der Waals surface area contributed by atoms with E-state index in [9.17, 15) is 9.59 Å². The summed E-state index contributed by atoms with van der Waals surface area (Å²) < 4.78 is 12.6. The summed E-state index contributed by atoms with van der Waals surface area (Å²) in [5, 5.41) is 0. The quantitative estimate of drug-likeness (QED) is 0.311. The lowest BCUT2D eigenvalue weighted by Crippen LogP contribution is -2.35. The molecule has 2 aromatic carbocycles. The summed E-state index contributed by atoms with van der Waals surface area (Å²) in [4.78, 5) is 25.4. The highest BCUT2D eigenvalue weighted by molar-refractivity contribution is 9.11.